The zero-order valence-corrected chi connectivity index (χ0v) is 24.9. The Morgan fingerprint density at radius 3 is 1.37 bits per heavy atom. The highest BCUT2D eigenvalue weighted by Crippen LogP contribution is 2.43. The molecule has 12 heteroatoms. The molecule has 0 radical (unpaired) electrons. The number of aliphatic hydroxyl groups is 2. The number of nitrogens with zero attached hydrogens (tertiary/aromatic N) is 4. The predicted octanol–water partition coefficient (Wildman–Crippen LogP) is 5.79. The number of halogens is 2. The van der Waals surface area contributed by atoms with E-state index in [4.69, 9.17) is 23.2 Å². The number of allylic oxidation sites excluding steroid dienone is 2. The molecule has 2 aromatic rings. The number of aliphatic hydroxyl groups excluding tert-OH is 2. The average Bonchev–Trinajstić information content (AvgIpc) is 2.88. The second-order valence-corrected chi connectivity index (χ2v) is 11.4. The first-order valence-electron chi connectivity index (χ1n) is 11.8. The lowest BCUT2D eigenvalue weighted by Gasteiger charge is -2.26. The summed E-state index contributed by atoms with van der Waals surface area (Å²) < 4.78 is 0. The van der Waals surface area contributed by atoms with Crippen molar-refractivity contribution in [3.8, 4) is 0 Å². The highest BCUT2D eigenvalue weighted by molar-refractivity contribution is 8.79. The van der Waals surface area contributed by atoms with Crippen LogP contribution in [0.15, 0.2) is 57.9 Å². The summed E-state index contributed by atoms with van der Waals surface area (Å²) in [5.74, 6) is -0.305. The first-order chi connectivity index (χ1) is 18.1. The minimum Gasteiger partial charge on any atom is -0.396 e. The van der Waals surface area contributed by atoms with Crippen molar-refractivity contribution in [2.24, 2.45) is 0 Å². The van der Waals surface area contributed by atoms with Crippen molar-refractivity contribution in [2.75, 3.05) is 13.2 Å². The second-order valence-electron chi connectivity index (χ2n) is 8.32. The van der Waals surface area contributed by atoms with Crippen molar-refractivity contribution >= 4 is 56.6 Å². The van der Waals surface area contributed by atoms with E-state index in [1.54, 1.807) is 34.3 Å². The largest absolute Gasteiger partial charge is 0.396 e. The topological polar surface area (TPSA) is 107 Å². The zero-order valence-electron chi connectivity index (χ0n) is 21.8. The van der Waals surface area contributed by atoms with Crippen molar-refractivity contribution < 1.29 is 19.8 Å². The molecule has 0 unspecified atom stereocenters. The maximum atomic E-state index is 12.5. The molecule has 2 heterocycles. The predicted molar refractivity (Wildman–Crippen MR) is 155 cm³/mol. The lowest BCUT2D eigenvalue weighted by atomic mass is 10.2. The van der Waals surface area contributed by atoms with Crippen LogP contribution in [-0.4, -0.2) is 55.0 Å². The van der Waals surface area contributed by atoms with Gasteiger partial charge >= 0.3 is 0 Å². The van der Waals surface area contributed by atoms with Gasteiger partial charge in [0, 0.05) is 73.5 Å². The first-order valence-corrected chi connectivity index (χ1v) is 14.7. The van der Waals surface area contributed by atoms with Gasteiger partial charge in [0.15, 0.2) is 0 Å². The van der Waals surface area contributed by atoms with Crippen LogP contribution in [0.1, 0.15) is 51.7 Å². The minimum absolute atomic E-state index is 0.102. The van der Waals surface area contributed by atoms with E-state index in [0.29, 0.717) is 47.6 Å². The van der Waals surface area contributed by atoms with Crippen LogP contribution < -0.4 is 0 Å². The Morgan fingerprint density at radius 2 is 1.11 bits per heavy atom. The first kappa shape index (κ1) is 32.1. The van der Waals surface area contributed by atoms with Crippen LogP contribution in [0.5, 0.6) is 0 Å². The van der Waals surface area contributed by atoms with Gasteiger partial charge in [-0.05, 0) is 37.1 Å². The van der Waals surface area contributed by atoms with E-state index in [1.165, 1.54) is 35.4 Å². The lowest BCUT2D eigenvalue weighted by Crippen LogP contribution is -2.27. The van der Waals surface area contributed by atoms with Crippen LogP contribution in [0.2, 0.25) is 10.3 Å². The quantitative estimate of drug-likeness (QED) is 0.220. The summed E-state index contributed by atoms with van der Waals surface area (Å²) in [6.45, 7) is 7.04. The van der Waals surface area contributed by atoms with Gasteiger partial charge in [-0.2, -0.15) is 0 Å². The fourth-order valence-corrected chi connectivity index (χ4v) is 6.53. The molecule has 8 nitrogen and oxygen atoms in total. The van der Waals surface area contributed by atoms with E-state index in [1.807, 2.05) is 26.0 Å². The number of carbonyl (C=O) groups is 2. The summed E-state index contributed by atoms with van der Waals surface area (Å²) >= 11 is 11.8. The third-order valence-corrected chi connectivity index (χ3v) is 8.95. The molecule has 38 heavy (non-hydrogen) atoms. The number of amides is 2. The maximum absolute atomic E-state index is 12.5. The Kier molecular flexibility index (Phi) is 13.6. The Labute approximate surface area is 241 Å². The number of aromatic nitrogens is 2. The van der Waals surface area contributed by atoms with Gasteiger partial charge in [0.25, 0.3) is 0 Å². The Balaban J connectivity index is 2.34. The highest BCUT2D eigenvalue weighted by atomic mass is 35.5. The average molecular weight is 600 g/mol. The van der Waals surface area contributed by atoms with Gasteiger partial charge in [0.2, 0.25) is 11.8 Å². The van der Waals surface area contributed by atoms with Gasteiger partial charge in [-0.1, -0.05) is 56.9 Å². The van der Waals surface area contributed by atoms with Crippen molar-refractivity contribution in [1.29, 1.82) is 0 Å². The van der Waals surface area contributed by atoms with Gasteiger partial charge in [0.1, 0.15) is 10.3 Å². The Morgan fingerprint density at radius 1 is 0.737 bits per heavy atom. The number of carbonyl (C=O) groups excluding carboxylic acids is 2. The molecule has 0 bridgehead atoms. The van der Waals surface area contributed by atoms with E-state index in [-0.39, 0.29) is 25.0 Å². The van der Waals surface area contributed by atoms with Crippen molar-refractivity contribution in [2.45, 2.75) is 53.6 Å². The monoisotopic (exact) mass is 598 g/mol. The lowest BCUT2D eigenvalue weighted by molar-refractivity contribution is -0.128. The Bertz CT molecular complexity index is 1070. The van der Waals surface area contributed by atoms with Gasteiger partial charge in [-0.15, -0.1) is 0 Å². The SMILES string of the molecule is CC(=O)N(Cc1ccc(Cl)nc1)/C(C)=C(/CCO)SS/C(CCO)=C(/C)N(Cc1ccc(Cl)nc1)C(C)=O. The fraction of sp³-hybridized carbons (Fsp3) is 0.385. The molecule has 2 N–H and O–H groups in total. The summed E-state index contributed by atoms with van der Waals surface area (Å²) in [7, 11) is 2.79. The Hall–Kier alpha value is -2.08. The smallest absolute Gasteiger partial charge is 0.223 e. The summed E-state index contributed by atoms with van der Waals surface area (Å²) in [6.07, 6.45) is 3.92. The molecule has 2 rings (SSSR count). The van der Waals surface area contributed by atoms with E-state index in [9.17, 15) is 19.8 Å². The van der Waals surface area contributed by atoms with E-state index in [2.05, 4.69) is 9.97 Å². The molecule has 0 aliphatic rings. The number of hydrogen-bond acceptors (Lipinski definition) is 8. The standard InChI is InChI=1S/C26H32Cl2N4O4S2/c1-17(31(19(3)35)15-21-5-7-25(27)29-13-21)23(9-11-33)37-38-24(10-12-34)18(2)32(20(4)36)16-22-6-8-26(28)30-14-22/h5-8,13-14,33-34H,9-12,15-16H2,1-4H3/b23-17-,24-18-. The van der Waals surface area contributed by atoms with Crippen molar-refractivity contribution in [3.05, 3.63) is 79.3 Å². The summed E-state index contributed by atoms with van der Waals surface area (Å²) in [5, 5.41) is 20.2. The third-order valence-electron chi connectivity index (χ3n) is 5.56. The molecule has 0 saturated carbocycles. The van der Waals surface area contributed by atoms with Gasteiger partial charge in [0.05, 0.1) is 13.1 Å². The zero-order chi connectivity index (χ0) is 28.2. The molecule has 0 atom stereocenters. The summed E-state index contributed by atoms with van der Waals surface area (Å²) in [6, 6.07) is 6.96. The van der Waals surface area contributed by atoms with Crippen LogP contribution in [-0.2, 0) is 22.7 Å². The van der Waals surface area contributed by atoms with E-state index in [0.717, 1.165) is 20.9 Å². The minimum atomic E-state index is -0.153. The van der Waals surface area contributed by atoms with Crippen molar-refractivity contribution in [3.63, 3.8) is 0 Å². The normalized spacial score (nSPS) is 12.5. The molecule has 0 aromatic carbocycles. The molecular weight excluding hydrogens is 567 g/mol. The van der Waals surface area contributed by atoms with Gasteiger partial charge in [-0.3, -0.25) is 9.59 Å². The molecule has 2 aromatic heterocycles. The number of pyridine rings is 2. The number of rotatable bonds is 13. The molecular formula is C26H32Cl2N4O4S2. The van der Waals surface area contributed by atoms with Crippen LogP contribution in [0.25, 0.3) is 0 Å². The summed E-state index contributed by atoms with van der Waals surface area (Å²) in [4.78, 5) is 38.1. The molecule has 0 aliphatic heterocycles. The van der Waals surface area contributed by atoms with Crippen LogP contribution in [0, 0.1) is 0 Å². The molecule has 0 saturated heterocycles. The fourth-order valence-electron chi connectivity index (χ4n) is 3.47. The van der Waals surface area contributed by atoms with Crippen LogP contribution in [0.4, 0.5) is 0 Å². The molecule has 206 valence electrons. The van der Waals surface area contributed by atoms with Crippen LogP contribution in [0.3, 0.4) is 0 Å². The van der Waals surface area contributed by atoms with E-state index >= 15 is 0 Å². The van der Waals surface area contributed by atoms with Crippen molar-refractivity contribution in [1.82, 2.24) is 19.8 Å². The third kappa shape index (κ3) is 9.91. The van der Waals surface area contributed by atoms with E-state index < -0.39 is 0 Å². The highest BCUT2D eigenvalue weighted by Gasteiger charge is 2.20. The molecule has 0 fully saturated rings. The second kappa shape index (κ2) is 16.1. The van der Waals surface area contributed by atoms with Gasteiger partial charge < -0.3 is 20.0 Å². The van der Waals surface area contributed by atoms with Crippen LogP contribution >= 0.6 is 44.8 Å². The number of hydrogen-bond donors (Lipinski definition) is 2. The summed E-state index contributed by atoms with van der Waals surface area (Å²) in [5.41, 5.74) is 3.04. The van der Waals surface area contributed by atoms with Gasteiger partial charge in [-0.25, -0.2) is 9.97 Å². The maximum Gasteiger partial charge on any atom is 0.223 e. The molecule has 0 aliphatic carbocycles. The molecule has 2 amide bonds. The molecule has 0 spiro atoms.